The van der Waals surface area contributed by atoms with Crippen LogP contribution in [0, 0.1) is 0 Å². The minimum absolute atomic E-state index is 0. The van der Waals surface area contributed by atoms with Crippen molar-refractivity contribution in [1.82, 2.24) is 4.72 Å². The maximum absolute atomic E-state index is 12.0. The Bertz CT molecular complexity index is 537. The van der Waals surface area contributed by atoms with Gasteiger partial charge in [0.05, 0.1) is 17.2 Å². The van der Waals surface area contributed by atoms with Crippen molar-refractivity contribution >= 4 is 45.6 Å². The molecule has 0 saturated heterocycles. The Hall–Kier alpha value is -0.240. The zero-order valence-corrected chi connectivity index (χ0v) is 13.5. The molecule has 1 rings (SSSR count). The van der Waals surface area contributed by atoms with Crippen LogP contribution in [0.2, 0.25) is 10.0 Å². The van der Waals surface area contributed by atoms with Gasteiger partial charge in [-0.25, -0.2) is 13.1 Å². The number of ether oxygens (including phenoxy) is 1. The number of benzene rings is 1. The lowest BCUT2D eigenvalue weighted by atomic mass is 10.3. The van der Waals surface area contributed by atoms with Gasteiger partial charge >= 0.3 is 0 Å². The van der Waals surface area contributed by atoms with Crippen LogP contribution in [-0.4, -0.2) is 28.1 Å². The van der Waals surface area contributed by atoms with Crippen LogP contribution in [0.15, 0.2) is 17.0 Å². The van der Waals surface area contributed by atoms with E-state index >= 15 is 0 Å². The van der Waals surface area contributed by atoms with E-state index in [4.69, 9.17) is 33.7 Å². The van der Waals surface area contributed by atoms with Crippen molar-refractivity contribution < 1.29 is 13.2 Å². The summed E-state index contributed by atoms with van der Waals surface area (Å²) in [6.07, 6.45) is 0. The second kappa shape index (κ2) is 7.52. The number of nitrogens with one attached hydrogen (secondary N) is 1. The van der Waals surface area contributed by atoms with Gasteiger partial charge in [-0.15, -0.1) is 12.4 Å². The summed E-state index contributed by atoms with van der Waals surface area (Å²) in [6, 6.07) is 2.20. The van der Waals surface area contributed by atoms with Crippen molar-refractivity contribution in [3.05, 3.63) is 22.2 Å². The average molecular weight is 350 g/mol. The van der Waals surface area contributed by atoms with E-state index in [-0.39, 0.29) is 33.9 Å². The van der Waals surface area contributed by atoms with E-state index in [9.17, 15) is 8.42 Å². The highest BCUT2D eigenvalue weighted by Crippen LogP contribution is 2.33. The lowest BCUT2D eigenvalue weighted by Gasteiger charge is -2.14. The molecule has 1 aromatic carbocycles. The van der Waals surface area contributed by atoms with Gasteiger partial charge in [-0.2, -0.15) is 0 Å². The monoisotopic (exact) mass is 348 g/mol. The Kier molecular flexibility index (Phi) is 7.42. The van der Waals surface area contributed by atoms with Crippen LogP contribution < -0.4 is 15.2 Å². The number of nitrogens with two attached hydrogens (primary N) is 1. The molecule has 0 aliphatic rings. The Morgan fingerprint density at radius 2 is 1.95 bits per heavy atom. The van der Waals surface area contributed by atoms with Crippen LogP contribution in [0.1, 0.15) is 6.92 Å². The third-order valence-electron chi connectivity index (χ3n) is 2.21. The maximum Gasteiger partial charge on any atom is 0.242 e. The van der Waals surface area contributed by atoms with Crippen LogP contribution in [0.4, 0.5) is 0 Å². The minimum Gasteiger partial charge on any atom is -0.495 e. The molecule has 1 aromatic rings. The van der Waals surface area contributed by atoms with E-state index in [2.05, 4.69) is 4.72 Å². The first-order valence-corrected chi connectivity index (χ1v) is 7.31. The highest BCUT2D eigenvalue weighted by molar-refractivity contribution is 7.89. The van der Waals surface area contributed by atoms with Gasteiger partial charge in [0.15, 0.2) is 0 Å². The molecule has 1 atom stereocenters. The molecule has 0 bridgehead atoms. The molecule has 9 heteroatoms. The van der Waals surface area contributed by atoms with Crippen LogP contribution >= 0.6 is 35.6 Å². The number of rotatable bonds is 5. The zero-order valence-electron chi connectivity index (χ0n) is 10.3. The third-order valence-corrected chi connectivity index (χ3v) is 4.56. The standard InChI is InChI=1S/C10H14Cl2N2O3S.ClH/c1-6(5-13)14-18(15,16)10-4-7(11)9(17-2)3-8(10)12;/h3-4,6,14H,5,13H2,1-2H3;1H/t6-;/m0./s1. The molecule has 0 radical (unpaired) electrons. The van der Waals surface area contributed by atoms with Crippen molar-refractivity contribution in [2.45, 2.75) is 17.9 Å². The summed E-state index contributed by atoms with van der Waals surface area (Å²) < 4.78 is 31.4. The number of sulfonamides is 1. The van der Waals surface area contributed by atoms with E-state index in [1.807, 2.05) is 0 Å². The topological polar surface area (TPSA) is 81.4 Å². The van der Waals surface area contributed by atoms with Gasteiger partial charge < -0.3 is 10.5 Å². The molecule has 19 heavy (non-hydrogen) atoms. The van der Waals surface area contributed by atoms with Crippen LogP contribution in [0.3, 0.4) is 0 Å². The van der Waals surface area contributed by atoms with Gasteiger partial charge in [-0.05, 0) is 13.0 Å². The molecule has 5 nitrogen and oxygen atoms in total. The van der Waals surface area contributed by atoms with E-state index in [0.717, 1.165) is 0 Å². The summed E-state index contributed by atoms with van der Waals surface area (Å²) in [4.78, 5) is -0.102. The fourth-order valence-electron chi connectivity index (χ4n) is 1.25. The normalized spacial score (nSPS) is 12.7. The van der Waals surface area contributed by atoms with Crippen LogP contribution in [0.5, 0.6) is 5.75 Å². The fraction of sp³-hybridized carbons (Fsp3) is 0.400. The van der Waals surface area contributed by atoms with Gasteiger partial charge in [0.1, 0.15) is 10.6 Å². The Morgan fingerprint density at radius 1 is 1.37 bits per heavy atom. The van der Waals surface area contributed by atoms with Crippen molar-refractivity contribution in [3.63, 3.8) is 0 Å². The first-order valence-electron chi connectivity index (χ1n) is 5.07. The van der Waals surface area contributed by atoms with Crippen molar-refractivity contribution in [3.8, 4) is 5.75 Å². The number of halogens is 3. The van der Waals surface area contributed by atoms with Gasteiger partial charge in [0, 0.05) is 18.7 Å². The van der Waals surface area contributed by atoms with Gasteiger partial charge in [0.2, 0.25) is 10.0 Å². The molecule has 0 spiro atoms. The molecule has 3 N–H and O–H groups in total. The number of hydrogen-bond donors (Lipinski definition) is 2. The lowest BCUT2D eigenvalue weighted by Crippen LogP contribution is -2.37. The predicted molar refractivity (Wildman–Crippen MR) is 79.1 cm³/mol. The number of hydrogen-bond acceptors (Lipinski definition) is 4. The van der Waals surface area contributed by atoms with Crippen molar-refractivity contribution in [2.24, 2.45) is 5.73 Å². The molecule has 0 heterocycles. The summed E-state index contributed by atoms with van der Waals surface area (Å²) in [7, 11) is -2.33. The SMILES string of the molecule is COc1cc(Cl)c(S(=O)(=O)N[C@@H](C)CN)cc1Cl.Cl. The van der Waals surface area contributed by atoms with Gasteiger partial charge in [0.25, 0.3) is 0 Å². The van der Waals surface area contributed by atoms with Crippen LogP contribution in [-0.2, 0) is 10.0 Å². The maximum atomic E-state index is 12.0. The van der Waals surface area contributed by atoms with E-state index in [0.29, 0.717) is 5.75 Å². The molecule has 0 aliphatic carbocycles. The quantitative estimate of drug-likeness (QED) is 0.852. The molecular formula is C10H15Cl3N2O3S. The highest BCUT2D eigenvalue weighted by atomic mass is 35.5. The van der Waals surface area contributed by atoms with E-state index in [1.54, 1.807) is 6.92 Å². The molecular weight excluding hydrogens is 335 g/mol. The van der Waals surface area contributed by atoms with Crippen LogP contribution in [0.25, 0.3) is 0 Å². The van der Waals surface area contributed by atoms with Gasteiger partial charge in [-0.3, -0.25) is 0 Å². The fourth-order valence-corrected chi connectivity index (χ4v) is 3.35. The first kappa shape index (κ1) is 18.8. The van der Waals surface area contributed by atoms with Crippen molar-refractivity contribution in [2.75, 3.05) is 13.7 Å². The lowest BCUT2D eigenvalue weighted by molar-refractivity contribution is 0.414. The molecule has 0 unspecified atom stereocenters. The number of methoxy groups -OCH3 is 1. The summed E-state index contributed by atoms with van der Waals surface area (Å²) in [6.45, 7) is 1.83. The van der Waals surface area contributed by atoms with E-state index in [1.165, 1.54) is 19.2 Å². The predicted octanol–water partition coefficient (Wildman–Crippen LogP) is 2.05. The summed E-state index contributed by atoms with van der Waals surface area (Å²) in [5.74, 6) is 0.312. The smallest absolute Gasteiger partial charge is 0.242 e. The molecule has 0 fully saturated rings. The Morgan fingerprint density at radius 3 is 2.42 bits per heavy atom. The molecule has 0 saturated carbocycles. The summed E-state index contributed by atoms with van der Waals surface area (Å²) in [5.41, 5.74) is 5.36. The average Bonchev–Trinajstić information content (AvgIpc) is 2.30. The summed E-state index contributed by atoms with van der Waals surface area (Å²) >= 11 is 11.8. The largest absolute Gasteiger partial charge is 0.495 e. The second-order valence-corrected chi connectivity index (χ2v) is 6.17. The summed E-state index contributed by atoms with van der Waals surface area (Å²) in [5, 5.41) is 0.204. The molecule has 0 aliphatic heterocycles. The molecule has 0 amide bonds. The Balaban J connectivity index is 0.00000324. The van der Waals surface area contributed by atoms with Gasteiger partial charge in [-0.1, -0.05) is 23.2 Å². The minimum atomic E-state index is -3.75. The first-order chi connectivity index (χ1) is 8.31. The molecule has 0 aromatic heterocycles. The zero-order chi connectivity index (χ0) is 13.9. The molecule has 110 valence electrons. The highest BCUT2D eigenvalue weighted by Gasteiger charge is 2.22. The van der Waals surface area contributed by atoms with E-state index < -0.39 is 16.1 Å². The Labute approximate surface area is 128 Å². The second-order valence-electron chi connectivity index (χ2n) is 3.68. The third kappa shape index (κ3) is 4.66. The van der Waals surface area contributed by atoms with Crippen molar-refractivity contribution in [1.29, 1.82) is 0 Å².